The van der Waals surface area contributed by atoms with Gasteiger partial charge in [0.25, 0.3) is 5.91 Å². The molecule has 0 bridgehead atoms. The summed E-state index contributed by atoms with van der Waals surface area (Å²) >= 11 is 1.37. The summed E-state index contributed by atoms with van der Waals surface area (Å²) in [4.78, 5) is 17.6. The van der Waals surface area contributed by atoms with E-state index in [9.17, 15) is 13.2 Å². The van der Waals surface area contributed by atoms with Gasteiger partial charge in [-0.25, -0.2) is 13.1 Å². The fourth-order valence-electron chi connectivity index (χ4n) is 2.83. The first-order valence-corrected chi connectivity index (χ1v) is 11.7. The molecular weight excluding hydrogens is 406 g/mol. The van der Waals surface area contributed by atoms with Gasteiger partial charge in [0.15, 0.2) is 4.80 Å². The molecule has 1 saturated carbocycles. The Balaban J connectivity index is 1.58. The Morgan fingerprint density at radius 2 is 1.97 bits per heavy atom. The average molecular weight is 428 g/mol. The van der Waals surface area contributed by atoms with Crippen molar-refractivity contribution in [1.29, 1.82) is 0 Å². The van der Waals surface area contributed by atoms with E-state index in [4.69, 9.17) is 0 Å². The molecule has 0 unspecified atom stereocenters. The first-order chi connectivity index (χ1) is 13.9. The lowest BCUT2D eigenvalue weighted by Crippen LogP contribution is -2.25. The SMILES string of the molecule is Cc1ccc(Cn2ccsc2=NC(=O)c2cccc(S(=O)(=O)NC3CC3)c2)cc1. The Morgan fingerprint density at radius 3 is 2.69 bits per heavy atom. The van der Waals surface area contributed by atoms with E-state index in [-0.39, 0.29) is 16.5 Å². The highest BCUT2D eigenvalue weighted by atomic mass is 32.2. The molecule has 6 nitrogen and oxygen atoms in total. The number of aromatic nitrogens is 1. The van der Waals surface area contributed by atoms with Gasteiger partial charge in [-0.15, -0.1) is 11.3 Å². The molecule has 0 atom stereocenters. The molecule has 0 radical (unpaired) electrons. The van der Waals surface area contributed by atoms with Gasteiger partial charge >= 0.3 is 0 Å². The lowest BCUT2D eigenvalue weighted by Gasteiger charge is -2.06. The highest BCUT2D eigenvalue weighted by molar-refractivity contribution is 7.89. The number of aryl methyl sites for hydroxylation is 1. The molecule has 1 amide bonds. The van der Waals surface area contributed by atoms with Crippen molar-refractivity contribution in [3.63, 3.8) is 0 Å². The van der Waals surface area contributed by atoms with Gasteiger partial charge in [0.2, 0.25) is 10.0 Å². The monoisotopic (exact) mass is 427 g/mol. The van der Waals surface area contributed by atoms with Crippen LogP contribution in [0.25, 0.3) is 0 Å². The summed E-state index contributed by atoms with van der Waals surface area (Å²) in [5, 5.41) is 1.88. The van der Waals surface area contributed by atoms with Crippen molar-refractivity contribution in [2.24, 2.45) is 4.99 Å². The fourth-order valence-corrected chi connectivity index (χ4v) is 4.91. The zero-order chi connectivity index (χ0) is 20.4. The van der Waals surface area contributed by atoms with Crippen LogP contribution in [0.2, 0.25) is 0 Å². The van der Waals surface area contributed by atoms with E-state index in [1.807, 2.05) is 47.3 Å². The van der Waals surface area contributed by atoms with Gasteiger partial charge in [-0.1, -0.05) is 35.9 Å². The number of benzene rings is 2. The summed E-state index contributed by atoms with van der Waals surface area (Å²) < 4.78 is 29.3. The Labute approximate surface area is 173 Å². The maximum atomic E-state index is 12.7. The zero-order valence-corrected chi connectivity index (χ0v) is 17.5. The number of carbonyl (C=O) groups excluding carboxylic acids is 1. The second kappa shape index (κ2) is 8.06. The van der Waals surface area contributed by atoms with Crippen LogP contribution in [0.5, 0.6) is 0 Å². The Kier molecular flexibility index (Phi) is 5.49. The predicted molar refractivity (Wildman–Crippen MR) is 112 cm³/mol. The molecule has 29 heavy (non-hydrogen) atoms. The molecule has 4 rings (SSSR count). The van der Waals surface area contributed by atoms with Crippen molar-refractivity contribution in [2.45, 2.75) is 37.2 Å². The van der Waals surface area contributed by atoms with Crippen LogP contribution >= 0.6 is 11.3 Å². The van der Waals surface area contributed by atoms with Crippen LogP contribution in [0.1, 0.15) is 34.3 Å². The van der Waals surface area contributed by atoms with Crippen molar-refractivity contribution in [3.8, 4) is 0 Å². The van der Waals surface area contributed by atoms with Gasteiger partial charge in [0.05, 0.1) is 4.90 Å². The van der Waals surface area contributed by atoms with Crippen molar-refractivity contribution >= 4 is 27.3 Å². The molecule has 3 aromatic rings. The van der Waals surface area contributed by atoms with E-state index >= 15 is 0 Å². The topological polar surface area (TPSA) is 80.5 Å². The number of amides is 1. The van der Waals surface area contributed by atoms with E-state index in [1.165, 1.54) is 29.0 Å². The number of thiazole rings is 1. The second-order valence-corrected chi connectivity index (χ2v) is 9.73. The van der Waals surface area contributed by atoms with Crippen LogP contribution in [0.15, 0.2) is 70.0 Å². The highest BCUT2D eigenvalue weighted by Gasteiger charge is 2.28. The predicted octanol–water partition coefficient (Wildman–Crippen LogP) is 3.09. The summed E-state index contributed by atoms with van der Waals surface area (Å²) in [5.41, 5.74) is 2.55. The average Bonchev–Trinajstić information content (AvgIpc) is 3.41. The summed E-state index contributed by atoms with van der Waals surface area (Å²) in [6.07, 6.45) is 3.59. The molecule has 1 N–H and O–H groups in total. The third-order valence-corrected chi connectivity index (χ3v) is 6.93. The standard InChI is InChI=1S/C21H21N3O3S2/c1-15-5-7-16(8-6-15)14-24-11-12-28-21(24)22-20(25)17-3-2-4-19(13-17)29(26,27)23-18-9-10-18/h2-8,11-13,18,23H,9-10,14H2,1H3. The number of nitrogens with zero attached hydrogens (tertiary/aromatic N) is 2. The van der Waals surface area contributed by atoms with Gasteiger partial charge in [-0.3, -0.25) is 4.79 Å². The first-order valence-electron chi connectivity index (χ1n) is 9.32. The smallest absolute Gasteiger partial charge is 0.279 e. The summed E-state index contributed by atoms with van der Waals surface area (Å²) in [6.45, 7) is 2.64. The molecule has 1 aromatic heterocycles. The van der Waals surface area contributed by atoms with Crippen LogP contribution in [0, 0.1) is 6.92 Å². The van der Waals surface area contributed by atoms with Crippen LogP contribution < -0.4 is 9.52 Å². The van der Waals surface area contributed by atoms with Crippen molar-refractivity contribution < 1.29 is 13.2 Å². The quantitative estimate of drug-likeness (QED) is 0.656. The van der Waals surface area contributed by atoms with E-state index in [2.05, 4.69) is 9.71 Å². The van der Waals surface area contributed by atoms with E-state index < -0.39 is 15.9 Å². The molecule has 0 saturated heterocycles. The third-order valence-electron chi connectivity index (χ3n) is 4.62. The molecule has 1 fully saturated rings. The van der Waals surface area contributed by atoms with Gasteiger partial charge in [0.1, 0.15) is 0 Å². The third kappa shape index (κ3) is 4.90. The van der Waals surface area contributed by atoms with Crippen LogP contribution in [-0.2, 0) is 16.6 Å². The minimum absolute atomic E-state index is 0.0101. The molecule has 1 aliphatic carbocycles. The maximum absolute atomic E-state index is 12.7. The molecule has 150 valence electrons. The Bertz CT molecular complexity index is 1200. The minimum atomic E-state index is -3.61. The second-order valence-electron chi connectivity index (χ2n) is 7.14. The minimum Gasteiger partial charge on any atom is -0.319 e. The lowest BCUT2D eigenvalue weighted by atomic mass is 10.1. The van der Waals surface area contributed by atoms with Crippen LogP contribution in [0.3, 0.4) is 0 Å². The number of rotatable bonds is 6. The number of nitrogens with one attached hydrogen (secondary N) is 1. The molecule has 0 aliphatic heterocycles. The summed E-state index contributed by atoms with van der Waals surface area (Å²) in [5.74, 6) is -0.464. The molecule has 0 spiro atoms. The molecular formula is C21H21N3O3S2. The number of sulfonamides is 1. The highest BCUT2D eigenvalue weighted by Crippen LogP contribution is 2.22. The number of hydrogen-bond acceptors (Lipinski definition) is 4. The number of carbonyl (C=O) groups is 1. The normalized spacial score (nSPS) is 14.9. The fraction of sp³-hybridized carbons (Fsp3) is 0.238. The van der Waals surface area contributed by atoms with E-state index in [0.717, 1.165) is 18.4 Å². The summed E-state index contributed by atoms with van der Waals surface area (Å²) in [7, 11) is -3.61. The Morgan fingerprint density at radius 1 is 1.21 bits per heavy atom. The molecule has 8 heteroatoms. The first kappa shape index (κ1) is 19.8. The van der Waals surface area contributed by atoms with Crippen molar-refractivity contribution in [2.75, 3.05) is 0 Å². The molecule has 1 aliphatic rings. The molecule has 2 aromatic carbocycles. The maximum Gasteiger partial charge on any atom is 0.279 e. The van der Waals surface area contributed by atoms with Crippen molar-refractivity contribution in [3.05, 3.63) is 81.6 Å². The van der Waals surface area contributed by atoms with E-state index in [1.54, 1.807) is 12.1 Å². The molecule has 1 heterocycles. The van der Waals surface area contributed by atoms with Gasteiger partial charge in [0, 0.05) is 29.7 Å². The van der Waals surface area contributed by atoms with Gasteiger partial charge < -0.3 is 4.57 Å². The van der Waals surface area contributed by atoms with Crippen LogP contribution in [-0.4, -0.2) is 24.9 Å². The number of hydrogen-bond donors (Lipinski definition) is 1. The Hall–Kier alpha value is -2.55. The zero-order valence-electron chi connectivity index (χ0n) is 15.9. The van der Waals surface area contributed by atoms with Gasteiger partial charge in [-0.2, -0.15) is 4.99 Å². The van der Waals surface area contributed by atoms with Crippen molar-refractivity contribution in [1.82, 2.24) is 9.29 Å². The van der Waals surface area contributed by atoms with Crippen LogP contribution in [0.4, 0.5) is 0 Å². The largest absolute Gasteiger partial charge is 0.319 e. The van der Waals surface area contributed by atoms with E-state index in [0.29, 0.717) is 11.3 Å². The van der Waals surface area contributed by atoms with Gasteiger partial charge in [-0.05, 0) is 43.5 Å². The summed E-state index contributed by atoms with van der Waals surface area (Å²) in [6, 6.07) is 14.2. The lowest BCUT2D eigenvalue weighted by molar-refractivity contribution is 0.0997.